The maximum Gasteiger partial charge on any atom is 0.343 e. The van der Waals surface area contributed by atoms with Crippen LogP contribution in [-0.2, 0) is 21.7 Å². The highest BCUT2D eigenvalue weighted by atomic mass is 35.5. The average Bonchev–Trinajstić information content (AvgIpc) is 3.19. The highest BCUT2D eigenvalue weighted by Crippen LogP contribution is 2.36. The lowest BCUT2D eigenvalue weighted by Crippen LogP contribution is -2.12. The number of hydrogen-bond donors (Lipinski definition) is 0. The van der Waals surface area contributed by atoms with Crippen LogP contribution in [0.1, 0.15) is 34.8 Å². The van der Waals surface area contributed by atoms with Gasteiger partial charge in [0.15, 0.2) is 6.61 Å². The van der Waals surface area contributed by atoms with Gasteiger partial charge < -0.3 is 14.2 Å². The summed E-state index contributed by atoms with van der Waals surface area (Å²) in [6.45, 7) is 1.89. The first-order chi connectivity index (χ1) is 15.5. The van der Waals surface area contributed by atoms with Gasteiger partial charge in [-0.2, -0.15) is 0 Å². The third kappa shape index (κ3) is 5.59. The van der Waals surface area contributed by atoms with Crippen LogP contribution in [0.15, 0.2) is 65.6 Å². The molecule has 0 saturated heterocycles. The molecule has 0 N–H and O–H groups in total. The van der Waals surface area contributed by atoms with Crippen molar-refractivity contribution in [3.63, 3.8) is 0 Å². The number of aryl methyl sites for hydroxylation is 2. The Balaban J connectivity index is 1.31. The van der Waals surface area contributed by atoms with Crippen LogP contribution in [0.2, 0.25) is 5.02 Å². The predicted molar refractivity (Wildman–Crippen MR) is 128 cm³/mol. The maximum atomic E-state index is 11.2. The summed E-state index contributed by atoms with van der Waals surface area (Å²) in [4.78, 5) is 12.4. The molecule has 0 aromatic heterocycles. The molecule has 0 aliphatic heterocycles. The van der Waals surface area contributed by atoms with Gasteiger partial charge in [0.25, 0.3) is 0 Å². The number of thioether (sulfide) groups is 1. The number of methoxy groups -OCH3 is 1. The Labute approximate surface area is 197 Å². The van der Waals surface area contributed by atoms with Crippen molar-refractivity contribution in [3.8, 4) is 11.5 Å². The lowest BCUT2D eigenvalue weighted by Gasteiger charge is -2.15. The topological polar surface area (TPSA) is 44.8 Å². The smallest absolute Gasteiger partial charge is 0.343 e. The van der Waals surface area contributed by atoms with Crippen LogP contribution in [0, 0.1) is 6.92 Å². The van der Waals surface area contributed by atoms with E-state index in [0.717, 1.165) is 39.8 Å². The summed E-state index contributed by atoms with van der Waals surface area (Å²) in [6.07, 6.45) is 2.07. The first-order valence-corrected chi connectivity index (χ1v) is 11.8. The number of carbonyl (C=O) groups excluding carboxylic acids is 1. The van der Waals surface area contributed by atoms with Crippen LogP contribution >= 0.6 is 23.4 Å². The van der Waals surface area contributed by atoms with Gasteiger partial charge in [-0.25, -0.2) is 4.79 Å². The molecule has 166 valence electrons. The normalized spacial score (nSPS) is 14.7. The molecular formula is C26H25ClO4S. The monoisotopic (exact) mass is 468 g/mol. The van der Waals surface area contributed by atoms with Gasteiger partial charge in [-0.3, -0.25) is 0 Å². The third-order valence-electron chi connectivity index (χ3n) is 5.45. The van der Waals surface area contributed by atoms with Crippen molar-refractivity contribution in [1.29, 1.82) is 0 Å². The molecule has 1 aliphatic carbocycles. The fourth-order valence-corrected chi connectivity index (χ4v) is 4.88. The first kappa shape index (κ1) is 22.6. The zero-order valence-electron chi connectivity index (χ0n) is 18.1. The van der Waals surface area contributed by atoms with Gasteiger partial charge in [-0.05, 0) is 84.5 Å². The largest absolute Gasteiger partial charge is 0.486 e. The maximum absolute atomic E-state index is 11.2. The number of rotatable bonds is 8. The number of halogens is 1. The van der Waals surface area contributed by atoms with Gasteiger partial charge in [0.05, 0.1) is 7.11 Å². The minimum absolute atomic E-state index is 0.0849. The van der Waals surface area contributed by atoms with E-state index in [0.29, 0.717) is 5.75 Å². The van der Waals surface area contributed by atoms with Crippen molar-refractivity contribution < 1.29 is 19.0 Å². The molecule has 0 saturated carbocycles. The molecular weight excluding hydrogens is 444 g/mol. The van der Waals surface area contributed by atoms with Crippen LogP contribution in [0.3, 0.4) is 0 Å². The van der Waals surface area contributed by atoms with E-state index in [-0.39, 0.29) is 12.7 Å². The Morgan fingerprint density at radius 1 is 1.09 bits per heavy atom. The van der Waals surface area contributed by atoms with Crippen molar-refractivity contribution in [2.45, 2.75) is 36.5 Å². The van der Waals surface area contributed by atoms with Crippen LogP contribution in [0.25, 0.3) is 0 Å². The summed E-state index contributed by atoms with van der Waals surface area (Å²) in [5.41, 5.74) is 4.74. The molecule has 3 aromatic carbocycles. The Morgan fingerprint density at radius 3 is 2.66 bits per heavy atom. The second kappa shape index (κ2) is 10.3. The minimum atomic E-state index is -0.392. The molecule has 4 nitrogen and oxygen atoms in total. The zero-order valence-corrected chi connectivity index (χ0v) is 19.7. The molecule has 0 amide bonds. The van der Waals surface area contributed by atoms with E-state index in [2.05, 4.69) is 29.0 Å². The van der Waals surface area contributed by atoms with Crippen molar-refractivity contribution in [3.05, 3.63) is 87.9 Å². The van der Waals surface area contributed by atoms with E-state index in [1.54, 1.807) is 11.8 Å². The molecule has 1 atom stereocenters. The summed E-state index contributed by atoms with van der Waals surface area (Å²) in [7, 11) is 1.35. The van der Waals surface area contributed by atoms with Crippen LogP contribution in [0.4, 0.5) is 0 Å². The summed E-state index contributed by atoms with van der Waals surface area (Å²) in [5.74, 6) is 2.04. The summed E-state index contributed by atoms with van der Waals surface area (Å²) < 4.78 is 16.3. The van der Waals surface area contributed by atoms with E-state index in [4.69, 9.17) is 21.1 Å². The molecule has 1 unspecified atom stereocenters. The third-order valence-corrected chi connectivity index (χ3v) is 6.75. The summed E-state index contributed by atoms with van der Waals surface area (Å²) >= 11 is 7.86. The lowest BCUT2D eigenvalue weighted by molar-refractivity contribution is -0.142. The van der Waals surface area contributed by atoms with E-state index < -0.39 is 5.97 Å². The minimum Gasteiger partial charge on any atom is -0.486 e. The standard InChI is InChI=1S/C26H25ClO4S/c1-17-13-22(9-12-24(17)30-15-26(28)29-2)32-16-18-3-7-21(8-4-18)31-25-11-5-19-14-20(27)6-10-23(19)25/h3-4,6-10,12-14,25H,5,11,15-16H2,1-2H3. The van der Waals surface area contributed by atoms with Gasteiger partial charge in [0.2, 0.25) is 0 Å². The molecule has 0 spiro atoms. The van der Waals surface area contributed by atoms with E-state index in [9.17, 15) is 4.79 Å². The molecule has 1 aliphatic rings. The van der Waals surface area contributed by atoms with E-state index >= 15 is 0 Å². The highest BCUT2D eigenvalue weighted by Gasteiger charge is 2.24. The molecule has 32 heavy (non-hydrogen) atoms. The summed E-state index contributed by atoms with van der Waals surface area (Å²) in [5, 5.41) is 0.782. The van der Waals surface area contributed by atoms with Crippen LogP contribution < -0.4 is 9.47 Å². The fraction of sp³-hybridized carbons (Fsp3) is 0.269. The average molecular weight is 469 g/mol. The molecule has 6 heteroatoms. The molecule has 4 rings (SSSR count). The first-order valence-electron chi connectivity index (χ1n) is 10.5. The van der Waals surface area contributed by atoms with Crippen molar-refractivity contribution in [2.24, 2.45) is 0 Å². The second-order valence-corrected chi connectivity index (χ2v) is 9.20. The number of fused-ring (bicyclic) bond motifs is 1. The van der Waals surface area contributed by atoms with Crippen molar-refractivity contribution in [1.82, 2.24) is 0 Å². The number of benzene rings is 3. The number of hydrogen-bond acceptors (Lipinski definition) is 5. The molecule has 3 aromatic rings. The number of esters is 1. The van der Waals surface area contributed by atoms with Gasteiger partial charge in [-0.1, -0.05) is 29.8 Å². The van der Waals surface area contributed by atoms with Crippen LogP contribution in [0.5, 0.6) is 11.5 Å². The number of carbonyl (C=O) groups is 1. The predicted octanol–water partition coefficient (Wildman–Crippen LogP) is 6.56. The van der Waals surface area contributed by atoms with E-state index in [1.807, 2.05) is 43.3 Å². The van der Waals surface area contributed by atoms with Crippen molar-refractivity contribution >= 4 is 29.3 Å². The molecule has 0 heterocycles. The molecule has 0 radical (unpaired) electrons. The van der Waals surface area contributed by atoms with E-state index in [1.165, 1.54) is 23.8 Å². The second-order valence-electron chi connectivity index (χ2n) is 7.71. The lowest BCUT2D eigenvalue weighted by atomic mass is 10.1. The Morgan fingerprint density at radius 2 is 1.91 bits per heavy atom. The van der Waals surface area contributed by atoms with Gasteiger partial charge in [0.1, 0.15) is 17.6 Å². The van der Waals surface area contributed by atoms with Gasteiger partial charge in [-0.15, -0.1) is 11.8 Å². The van der Waals surface area contributed by atoms with Crippen LogP contribution in [-0.4, -0.2) is 19.7 Å². The zero-order chi connectivity index (χ0) is 22.5. The molecule has 0 fully saturated rings. The van der Waals surface area contributed by atoms with Crippen molar-refractivity contribution in [2.75, 3.05) is 13.7 Å². The quantitative estimate of drug-likeness (QED) is 0.276. The summed E-state index contributed by atoms with van der Waals surface area (Å²) in [6, 6.07) is 20.3. The Hall–Kier alpha value is -2.63. The Bertz CT molecular complexity index is 1100. The van der Waals surface area contributed by atoms with Gasteiger partial charge >= 0.3 is 5.97 Å². The molecule has 0 bridgehead atoms. The highest BCUT2D eigenvalue weighted by molar-refractivity contribution is 7.98. The fourth-order valence-electron chi connectivity index (χ4n) is 3.73. The van der Waals surface area contributed by atoms with Gasteiger partial charge in [0, 0.05) is 15.7 Å². The SMILES string of the molecule is COC(=O)COc1ccc(SCc2ccc(OC3CCc4cc(Cl)ccc43)cc2)cc1C. The Kier molecular flexibility index (Phi) is 7.28. The number of ether oxygens (including phenoxy) is 3.